The monoisotopic (exact) mass is 315 g/mol. The summed E-state index contributed by atoms with van der Waals surface area (Å²) in [6.45, 7) is 1.19. The third-order valence-corrected chi connectivity index (χ3v) is 4.56. The number of aromatic nitrogens is 4. The van der Waals surface area contributed by atoms with E-state index in [-0.39, 0.29) is 11.6 Å². The quantitative estimate of drug-likeness (QED) is 0.859. The molecule has 1 saturated heterocycles. The minimum atomic E-state index is -0.425. The van der Waals surface area contributed by atoms with Crippen LogP contribution in [0.15, 0.2) is 29.5 Å². The first-order valence-electron chi connectivity index (χ1n) is 8.02. The first-order valence-corrected chi connectivity index (χ1v) is 8.02. The highest BCUT2D eigenvalue weighted by Crippen LogP contribution is 2.38. The minimum Gasteiger partial charge on any atom is -0.349 e. The van der Waals surface area contributed by atoms with E-state index >= 15 is 0 Å². The Morgan fingerprint density at radius 2 is 2.13 bits per heavy atom. The fourth-order valence-electron chi connectivity index (χ4n) is 3.21. The lowest BCUT2D eigenvalue weighted by Crippen LogP contribution is -2.38. The van der Waals surface area contributed by atoms with Crippen molar-refractivity contribution in [2.24, 2.45) is 0 Å². The number of hydrogen-bond acceptors (Lipinski definition) is 5. The predicted molar refractivity (Wildman–Crippen MR) is 82.8 cm³/mol. The van der Waals surface area contributed by atoms with Crippen molar-refractivity contribution in [1.82, 2.24) is 19.7 Å². The van der Waals surface area contributed by atoms with E-state index in [0.29, 0.717) is 18.3 Å². The average molecular weight is 315 g/mol. The van der Waals surface area contributed by atoms with E-state index in [0.717, 1.165) is 37.9 Å². The van der Waals surface area contributed by atoms with Crippen LogP contribution in [0.3, 0.4) is 0 Å². The van der Waals surface area contributed by atoms with E-state index < -0.39 is 5.82 Å². The van der Waals surface area contributed by atoms with Gasteiger partial charge in [0.15, 0.2) is 11.6 Å². The molecule has 6 nitrogen and oxygen atoms in total. The molecule has 1 saturated carbocycles. The summed E-state index contributed by atoms with van der Waals surface area (Å²) in [5.74, 6) is 0.390. The molecule has 120 valence electrons. The molecule has 0 bridgehead atoms. The van der Waals surface area contributed by atoms with Gasteiger partial charge in [-0.25, -0.2) is 19.0 Å². The van der Waals surface area contributed by atoms with Crippen LogP contribution < -0.4 is 10.5 Å². The zero-order valence-corrected chi connectivity index (χ0v) is 12.7. The Balaban J connectivity index is 1.59. The number of hydrogen-bond donors (Lipinski definition) is 0. The van der Waals surface area contributed by atoms with Crippen LogP contribution in [0, 0.1) is 5.82 Å². The highest BCUT2D eigenvalue weighted by Gasteiger charge is 2.30. The number of anilines is 1. The van der Waals surface area contributed by atoms with Crippen LogP contribution in [-0.2, 0) is 6.54 Å². The SMILES string of the molecule is O=c1ccc(C2CC2)nn1CC1CCCN1c1ncncc1F. The van der Waals surface area contributed by atoms with Crippen molar-refractivity contribution in [1.29, 1.82) is 0 Å². The zero-order valence-electron chi connectivity index (χ0n) is 12.7. The second-order valence-corrected chi connectivity index (χ2v) is 6.24. The summed E-state index contributed by atoms with van der Waals surface area (Å²) >= 11 is 0. The lowest BCUT2D eigenvalue weighted by atomic mass is 10.2. The molecule has 0 amide bonds. The van der Waals surface area contributed by atoms with Crippen LogP contribution in [0.1, 0.15) is 37.3 Å². The highest BCUT2D eigenvalue weighted by molar-refractivity contribution is 5.41. The molecule has 2 fully saturated rings. The fourth-order valence-corrected chi connectivity index (χ4v) is 3.21. The average Bonchev–Trinajstić information content (AvgIpc) is 3.30. The molecular weight excluding hydrogens is 297 g/mol. The zero-order chi connectivity index (χ0) is 15.8. The second kappa shape index (κ2) is 5.72. The lowest BCUT2D eigenvalue weighted by molar-refractivity contribution is 0.475. The van der Waals surface area contributed by atoms with E-state index in [1.54, 1.807) is 6.07 Å². The van der Waals surface area contributed by atoms with Gasteiger partial charge in [0.25, 0.3) is 5.56 Å². The van der Waals surface area contributed by atoms with Crippen molar-refractivity contribution in [3.05, 3.63) is 46.5 Å². The molecule has 1 aliphatic heterocycles. The van der Waals surface area contributed by atoms with Crippen LogP contribution in [0.2, 0.25) is 0 Å². The molecule has 0 radical (unpaired) electrons. The number of nitrogens with zero attached hydrogens (tertiary/aromatic N) is 5. The summed E-state index contributed by atoms with van der Waals surface area (Å²) in [4.78, 5) is 21.8. The van der Waals surface area contributed by atoms with Crippen molar-refractivity contribution >= 4 is 5.82 Å². The van der Waals surface area contributed by atoms with Crippen molar-refractivity contribution in [3.8, 4) is 0 Å². The molecule has 1 aliphatic carbocycles. The molecule has 1 atom stereocenters. The van der Waals surface area contributed by atoms with Crippen molar-refractivity contribution < 1.29 is 4.39 Å². The maximum absolute atomic E-state index is 14.0. The van der Waals surface area contributed by atoms with Gasteiger partial charge in [0.05, 0.1) is 24.5 Å². The number of rotatable bonds is 4. The van der Waals surface area contributed by atoms with Crippen molar-refractivity contribution in [2.75, 3.05) is 11.4 Å². The molecule has 2 aliphatic rings. The molecule has 3 heterocycles. The molecule has 2 aromatic heterocycles. The fraction of sp³-hybridized carbons (Fsp3) is 0.500. The summed E-state index contributed by atoms with van der Waals surface area (Å²) in [5, 5.41) is 4.50. The summed E-state index contributed by atoms with van der Waals surface area (Å²) < 4.78 is 15.5. The van der Waals surface area contributed by atoms with E-state index in [4.69, 9.17) is 0 Å². The van der Waals surface area contributed by atoms with Crippen molar-refractivity contribution in [3.63, 3.8) is 0 Å². The largest absolute Gasteiger partial charge is 0.349 e. The minimum absolute atomic E-state index is 0.0269. The smallest absolute Gasteiger partial charge is 0.266 e. The second-order valence-electron chi connectivity index (χ2n) is 6.24. The molecule has 7 heteroatoms. The van der Waals surface area contributed by atoms with Crippen LogP contribution in [0.4, 0.5) is 10.2 Å². The Kier molecular flexibility index (Phi) is 3.55. The molecule has 0 spiro atoms. The van der Waals surface area contributed by atoms with Gasteiger partial charge < -0.3 is 4.90 Å². The van der Waals surface area contributed by atoms with Gasteiger partial charge in [-0.1, -0.05) is 0 Å². The van der Waals surface area contributed by atoms with Gasteiger partial charge in [0, 0.05) is 18.5 Å². The van der Waals surface area contributed by atoms with Crippen LogP contribution in [0.25, 0.3) is 0 Å². The lowest BCUT2D eigenvalue weighted by Gasteiger charge is -2.26. The Labute approximate surface area is 133 Å². The summed E-state index contributed by atoms with van der Waals surface area (Å²) in [6.07, 6.45) is 6.66. The van der Waals surface area contributed by atoms with Crippen LogP contribution in [0.5, 0.6) is 0 Å². The molecule has 0 aromatic carbocycles. The highest BCUT2D eigenvalue weighted by atomic mass is 19.1. The third kappa shape index (κ3) is 2.83. The van der Waals surface area contributed by atoms with Gasteiger partial charge in [-0.15, -0.1) is 0 Å². The van der Waals surface area contributed by atoms with Gasteiger partial charge >= 0.3 is 0 Å². The van der Waals surface area contributed by atoms with Gasteiger partial charge in [0.1, 0.15) is 6.33 Å². The Morgan fingerprint density at radius 3 is 2.91 bits per heavy atom. The molecule has 4 rings (SSSR count). The first kappa shape index (κ1) is 14.3. The summed E-state index contributed by atoms with van der Waals surface area (Å²) in [6, 6.07) is 3.44. The van der Waals surface area contributed by atoms with Gasteiger partial charge in [-0.2, -0.15) is 5.10 Å². The van der Waals surface area contributed by atoms with Gasteiger partial charge in [0.2, 0.25) is 0 Å². The normalized spacial score (nSPS) is 20.9. The van der Waals surface area contributed by atoms with Gasteiger partial charge in [-0.05, 0) is 31.7 Å². The number of halogens is 1. The molecule has 1 unspecified atom stereocenters. The third-order valence-electron chi connectivity index (χ3n) is 4.56. The maximum atomic E-state index is 14.0. The topological polar surface area (TPSA) is 63.9 Å². The predicted octanol–water partition coefficient (Wildman–Crippen LogP) is 1.72. The molecular formula is C16H18FN5O. The molecule has 2 aromatic rings. The summed E-state index contributed by atoms with van der Waals surface area (Å²) in [5.41, 5.74) is 0.881. The standard InChI is InChI=1S/C16H18FN5O/c17-13-8-18-10-19-16(13)21-7-1-2-12(21)9-22-15(23)6-5-14(20-22)11-3-4-11/h5-6,8,10-12H,1-4,7,9H2. The molecule has 23 heavy (non-hydrogen) atoms. The van der Waals surface area contributed by atoms with E-state index in [2.05, 4.69) is 15.1 Å². The van der Waals surface area contributed by atoms with E-state index in [1.165, 1.54) is 17.2 Å². The van der Waals surface area contributed by atoms with E-state index in [9.17, 15) is 9.18 Å². The summed E-state index contributed by atoms with van der Waals surface area (Å²) in [7, 11) is 0. The van der Waals surface area contributed by atoms with Gasteiger partial charge in [-0.3, -0.25) is 4.79 Å². The first-order chi connectivity index (χ1) is 11.2. The van der Waals surface area contributed by atoms with Crippen molar-refractivity contribution in [2.45, 2.75) is 44.2 Å². The maximum Gasteiger partial charge on any atom is 0.266 e. The Morgan fingerprint density at radius 1 is 1.26 bits per heavy atom. The Bertz CT molecular complexity index is 773. The Hall–Kier alpha value is -2.31. The van der Waals surface area contributed by atoms with Crippen LogP contribution in [-0.4, -0.2) is 32.3 Å². The van der Waals surface area contributed by atoms with Crippen LogP contribution >= 0.6 is 0 Å². The van der Waals surface area contributed by atoms with E-state index in [1.807, 2.05) is 11.0 Å². The molecule has 0 N–H and O–H groups in total.